The molecule has 160 valence electrons. The van der Waals surface area contributed by atoms with Crippen molar-refractivity contribution in [2.24, 2.45) is 0 Å². The van der Waals surface area contributed by atoms with Gasteiger partial charge in [0.15, 0.2) is 0 Å². The fraction of sp³-hybridized carbons (Fsp3) is 0.261. The third kappa shape index (κ3) is 4.62. The van der Waals surface area contributed by atoms with Crippen LogP contribution in [0.3, 0.4) is 0 Å². The summed E-state index contributed by atoms with van der Waals surface area (Å²) in [5.74, 6) is -1.35. The molecule has 7 nitrogen and oxygen atoms in total. The minimum atomic E-state index is -0.576. The van der Waals surface area contributed by atoms with Crippen molar-refractivity contribution < 1.29 is 19.1 Å². The van der Waals surface area contributed by atoms with Gasteiger partial charge < -0.3 is 19.5 Å². The van der Waals surface area contributed by atoms with E-state index in [1.165, 1.54) is 4.90 Å². The number of benzene rings is 2. The Hall–Kier alpha value is -3.16. The van der Waals surface area contributed by atoms with Gasteiger partial charge in [-0.3, -0.25) is 14.4 Å². The van der Waals surface area contributed by atoms with Crippen LogP contribution in [-0.2, 0) is 27.4 Å². The normalized spacial score (nSPS) is 13.9. The number of aromatic nitrogens is 1. The van der Waals surface area contributed by atoms with Crippen LogP contribution in [-0.4, -0.2) is 53.4 Å². The van der Waals surface area contributed by atoms with Gasteiger partial charge in [-0.05, 0) is 17.7 Å². The first kappa shape index (κ1) is 21.1. The number of carbonyl (C=O) groups is 3. The van der Waals surface area contributed by atoms with Gasteiger partial charge in [0, 0.05) is 41.8 Å². The van der Waals surface area contributed by atoms with E-state index >= 15 is 0 Å². The van der Waals surface area contributed by atoms with E-state index in [9.17, 15) is 14.4 Å². The van der Waals surface area contributed by atoms with Crippen LogP contribution in [0.15, 0.2) is 54.7 Å². The Bertz CT molecular complexity index is 1130. The largest absolute Gasteiger partial charge is 0.378 e. The summed E-state index contributed by atoms with van der Waals surface area (Å²) in [7, 11) is 0. The molecular weight excluding hydrogens is 418 g/mol. The number of hydrogen-bond acceptors (Lipinski definition) is 4. The zero-order valence-electron chi connectivity index (χ0n) is 16.8. The number of Topliss-reactive ketones (excluding diaryl/α,β-unsaturated/α-hetero) is 1. The van der Waals surface area contributed by atoms with Crippen molar-refractivity contribution in [1.29, 1.82) is 0 Å². The zero-order chi connectivity index (χ0) is 21.8. The summed E-state index contributed by atoms with van der Waals surface area (Å²) >= 11 is 6.14. The maximum atomic E-state index is 12.9. The van der Waals surface area contributed by atoms with Gasteiger partial charge in [0.05, 0.1) is 18.8 Å². The fourth-order valence-electron chi connectivity index (χ4n) is 3.63. The van der Waals surface area contributed by atoms with Crippen LogP contribution in [0.1, 0.15) is 15.9 Å². The van der Waals surface area contributed by atoms with Crippen molar-refractivity contribution >= 4 is 40.1 Å². The molecule has 0 bridgehead atoms. The lowest BCUT2D eigenvalue weighted by Crippen LogP contribution is -2.44. The molecule has 0 spiro atoms. The molecule has 0 unspecified atom stereocenters. The van der Waals surface area contributed by atoms with Crippen molar-refractivity contribution in [3.8, 4) is 0 Å². The minimum absolute atomic E-state index is 0.0178. The molecule has 2 heterocycles. The number of ketones is 1. The standard InChI is InChI=1S/C23H22ClN3O4/c24-19-7-3-1-5-16(19)13-25-21(28)15-27-14-18(17-6-2-4-8-20(17)27)22(29)23(30)26-9-11-31-12-10-26/h1-8,14H,9-13,15H2,(H,25,28). The Morgan fingerprint density at radius 2 is 1.71 bits per heavy atom. The van der Waals surface area contributed by atoms with E-state index in [2.05, 4.69) is 5.32 Å². The maximum absolute atomic E-state index is 12.9. The molecular formula is C23H22ClN3O4. The molecule has 4 rings (SSSR count). The van der Waals surface area contributed by atoms with Crippen LogP contribution in [0.25, 0.3) is 10.9 Å². The average Bonchev–Trinajstić information content (AvgIpc) is 3.16. The van der Waals surface area contributed by atoms with Crippen molar-refractivity contribution in [3.63, 3.8) is 0 Å². The predicted octanol–water partition coefficient (Wildman–Crippen LogP) is 2.65. The Balaban J connectivity index is 1.52. The van der Waals surface area contributed by atoms with Crippen molar-refractivity contribution in [2.75, 3.05) is 26.3 Å². The van der Waals surface area contributed by atoms with Crippen molar-refractivity contribution in [2.45, 2.75) is 13.1 Å². The van der Waals surface area contributed by atoms with Crippen LogP contribution in [0, 0.1) is 0 Å². The SMILES string of the molecule is O=C(Cn1cc(C(=O)C(=O)N2CCOCC2)c2ccccc21)NCc1ccccc1Cl. The minimum Gasteiger partial charge on any atom is -0.378 e. The quantitative estimate of drug-likeness (QED) is 0.473. The van der Waals surface area contributed by atoms with Crippen LogP contribution in [0.4, 0.5) is 0 Å². The first-order chi connectivity index (χ1) is 15.0. The Morgan fingerprint density at radius 3 is 2.48 bits per heavy atom. The highest BCUT2D eigenvalue weighted by Crippen LogP contribution is 2.23. The van der Waals surface area contributed by atoms with Crippen LogP contribution >= 0.6 is 11.6 Å². The molecule has 0 radical (unpaired) electrons. The van der Waals surface area contributed by atoms with Crippen LogP contribution in [0.2, 0.25) is 5.02 Å². The molecule has 1 aromatic heterocycles. The second-order valence-corrected chi connectivity index (χ2v) is 7.70. The average molecular weight is 440 g/mol. The third-order valence-corrected chi connectivity index (χ3v) is 5.64. The van der Waals surface area contributed by atoms with Crippen LogP contribution < -0.4 is 5.32 Å². The fourth-order valence-corrected chi connectivity index (χ4v) is 3.83. The molecule has 3 aromatic rings. The molecule has 31 heavy (non-hydrogen) atoms. The van der Waals surface area contributed by atoms with E-state index in [0.717, 1.165) is 5.56 Å². The van der Waals surface area contributed by atoms with Gasteiger partial charge in [-0.2, -0.15) is 0 Å². The van der Waals surface area contributed by atoms with Gasteiger partial charge in [-0.15, -0.1) is 0 Å². The number of rotatable bonds is 6. The topological polar surface area (TPSA) is 80.6 Å². The van der Waals surface area contributed by atoms with Gasteiger partial charge in [0.1, 0.15) is 6.54 Å². The summed E-state index contributed by atoms with van der Waals surface area (Å²) in [5, 5.41) is 4.08. The molecule has 0 atom stereocenters. The highest BCUT2D eigenvalue weighted by molar-refractivity contribution is 6.44. The van der Waals surface area contributed by atoms with E-state index in [1.54, 1.807) is 29.0 Å². The van der Waals surface area contributed by atoms with E-state index in [0.29, 0.717) is 54.3 Å². The number of amides is 2. The Morgan fingerprint density at radius 1 is 1.00 bits per heavy atom. The van der Waals surface area contributed by atoms with E-state index in [1.807, 2.05) is 30.3 Å². The van der Waals surface area contributed by atoms with Gasteiger partial charge in [-0.25, -0.2) is 0 Å². The van der Waals surface area contributed by atoms with Gasteiger partial charge in [0.2, 0.25) is 5.91 Å². The van der Waals surface area contributed by atoms with Gasteiger partial charge >= 0.3 is 0 Å². The molecule has 1 fully saturated rings. The third-order valence-electron chi connectivity index (χ3n) is 5.27. The highest BCUT2D eigenvalue weighted by atomic mass is 35.5. The second kappa shape index (κ2) is 9.32. The summed E-state index contributed by atoms with van der Waals surface area (Å²) in [6.07, 6.45) is 1.58. The number of nitrogens with zero attached hydrogens (tertiary/aromatic N) is 2. The predicted molar refractivity (Wildman–Crippen MR) is 117 cm³/mol. The molecule has 1 aliphatic rings. The van der Waals surface area contributed by atoms with Gasteiger partial charge in [-0.1, -0.05) is 48.0 Å². The molecule has 2 amide bonds. The van der Waals surface area contributed by atoms with Crippen molar-refractivity contribution in [1.82, 2.24) is 14.8 Å². The number of fused-ring (bicyclic) bond motifs is 1. The molecule has 8 heteroatoms. The summed E-state index contributed by atoms with van der Waals surface area (Å²) < 4.78 is 6.95. The van der Waals surface area contributed by atoms with Crippen molar-refractivity contribution in [3.05, 3.63) is 70.9 Å². The van der Waals surface area contributed by atoms with Crippen LogP contribution in [0.5, 0.6) is 0 Å². The summed E-state index contributed by atoms with van der Waals surface area (Å²) in [5.41, 5.74) is 1.83. The number of ether oxygens (including phenoxy) is 1. The number of nitrogens with one attached hydrogen (secondary N) is 1. The van der Waals surface area contributed by atoms with E-state index in [-0.39, 0.29) is 12.5 Å². The number of halogens is 1. The summed E-state index contributed by atoms with van der Waals surface area (Å²) in [6, 6.07) is 14.6. The highest BCUT2D eigenvalue weighted by Gasteiger charge is 2.27. The Labute approximate surface area is 184 Å². The van der Waals surface area contributed by atoms with E-state index in [4.69, 9.17) is 16.3 Å². The summed E-state index contributed by atoms with van der Waals surface area (Å²) in [6.45, 7) is 1.96. The Kier molecular flexibility index (Phi) is 6.34. The number of morpholine rings is 1. The first-order valence-corrected chi connectivity index (χ1v) is 10.4. The zero-order valence-corrected chi connectivity index (χ0v) is 17.6. The maximum Gasteiger partial charge on any atom is 0.295 e. The molecule has 0 aliphatic carbocycles. The lowest BCUT2D eigenvalue weighted by Gasteiger charge is -2.25. The van der Waals surface area contributed by atoms with E-state index < -0.39 is 11.7 Å². The lowest BCUT2D eigenvalue weighted by atomic mass is 10.1. The second-order valence-electron chi connectivity index (χ2n) is 7.29. The number of para-hydroxylation sites is 1. The number of carbonyl (C=O) groups excluding carboxylic acids is 3. The first-order valence-electron chi connectivity index (χ1n) is 10.0. The molecule has 1 saturated heterocycles. The molecule has 1 N–H and O–H groups in total. The lowest BCUT2D eigenvalue weighted by molar-refractivity contribution is -0.130. The molecule has 2 aromatic carbocycles. The smallest absolute Gasteiger partial charge is 0.295 e. The monoisotopic (exact) mass is 439 g/mol. The van der Waals surface area contributed by atoms with Gasteiger partial charge in [0.25, 0.3) is 11.7 Å². The molecule has 0 saturated carbocycles. The summed E-state index contributed by atoms with van der Waals surface area (Å²) in [4.78, 5) is 39.7. The molecule has 1 aliphatic heterocycles. The number of hydrogen-bond donors (Lipinski definition) is 1.